The Kier molecular flexibility index (Phi) is 5.45. The van der Waals surface area contributed by atoms with Gasteiger partial charge >= 0.3 is 12.1 Å². The highest BCUT2D eigenvalue weighted by atomic mass is 32.2. The van der Waals surface area contributed by atoms with Crippen LogP contribution in [0.5, 0.6) is 0 Å². The number of alkyl halides is 3. The van der Waals surface area contributed by atoms with E-state index in [1.807, 2.05) is 0 Å². The minimum absolute atomic E-state index is 0.151. The van der Waals surface area contributed by atoms with E-state index in [1.54, 1.807) is 17.4 Å². The third-order valence-electron chi connectivity index (χ3n) is 2.13. The van der Waals surface area contributed by atoms with Crippen molar-refractivity contribution in [3.63, 3.8) is 0 Å². The molecule has 9 heteroatoms. The van der Waals surface area contributed by atoms with Gasteiger partial charge in [-0.1, -0.05) is 24.3 Å². The number of benzene rings is 1. The fraction of sp³-hybridized carbons (Fsp3) is 0.300. The number of halogens is 3. The summed E-state index contributed by atoms with van der Waals surface area (Å²) >= 11 is -2.12. The van der Waals surface area contributed by atoms with Crippen molar-refractivity contribution in [2.45, 2.75) is 19.3 Å². The molecule has 106 valence electrons. The number of hydrogen-bond acceptors (Lipinski definition) is 2. The lowest BCUT2D eigenvalue weighted by Crippen LogP contribution is -2.36. The first kappa shape index (κ1) is 15.6. The summed E-state index contributed by atoms with van der Waals surface area (Å²) in [6.07, 6.45) is -4.89. The molecular weight excluding hydrogens is 285 g/mol. The van der Waals surface area contributed by atoms with E-state index in [0.29, 0.717) is 11.1 Å². The summed E-state index contributed by atoms with van der Waals surface area (Å²) in [5.74, 6) is -1.99. The van der Waals surface area contributed by atoms with E-state index in [4.69, 9.17) is 4.55 Å². The molecule has 0 bridgehead atoms. The van der Waals surface area contributed by atoms with E-state index in [0.717, 1.165) is 0 Å². The summed E-state index contributed by atoms with van der Waals surface area (Å²) in [6, 6.07) is 6.20. The monoisotopic (exact) mass is 296 g/mol. The average Bonchev–Trinajstić information content (AvgIpc) is 2.33. The molecule has 1 rings (SSSR count). The van der Waals surface area contributed by atoms with Gasteiger partial charge in [0, 0.05) is 13.1 Å². The van der Waals surface area contributed by atoms with Crippen LogP contribution in [0.3, 0.4) is 0 Å². The minimum atomic E-state index is -4.89. The third kappa shape index (κ3) is 5.81. The van der Waals surface area contributed by atoms with Gasteiger partial charge in [-0.2, -0.15) is 13.2 Å². The van der Waals surface area contributed by atoms with Crippen LogP contribution in [0, 0.1) is 0 Å². The Hall–Kier alpha value is -1.45. The van der Waals surface area contributed by atoms with E-state index in [9.17, 15) is 22.2 Å². The average molecular weight is 296 g/mol. The van der Waals surface area contributed by atoms with Crippen LogP contribution in [0.2, 0.25) is 0 Å². The number of hydrogen-bond donors (Lipinski definition) is 3. The molecule has 0 heterocycles. The Morgan fingerprint density at radius 2 is 1.63 bits per heavy atom. The highest BCUT2D eigenvalue weighted by molar-refractivity contribution is 7.77. The zero-order valence-electron chi connectivity index (χ0n) is 9.53. The molecule has 1 aromatic carbocycles. The second-order valence-electron chi connectivity index (χ2n) is 3.57. The molecule has 0 aliphatic carbocycles. The van der Waals surface area contributed by atoms with Crippen molar-refractivity contribution in [2.24, 2.45) is 0 Å². The van der Waals surface area contributed by atoms with Crippen molar-refractivity contribution in [1.29, 1.82) is 0 Å². The van der Waals surface area contributed by atoms with Gasteiger partial charge < -0.3 is 5.32 Å². The predicted molar refractivity (Wildman–Crippen MR) is 62.0 cm³/mol. The van der Waals surface area contributed by atoms with Crippen molar-refractivity contribution >= 4 is 17.2 Å². The van der Waals surface area contributed by atoms with Crippen molar-refractivity contribution in [2.75, 3.05) is 0 Å². The molecule has 5 nitrogen and oxygen atoms in total. The number of rotatable bonds is 5. The fourth-order valence-corrected chi connectivity index (χ4v) is 1.49. The van der Waals surface area contributed by atoms with E-state index < -0.39 is 23.3 Å². The quantitative estimate of drug-likeness (QED) is 0.712. The Morgan fingerprint density at radius 1 is 1.16 bits per heavy atom. The van der Waals surface area contributed by atoms with E-state index in [1.165, 1.54) is 12.1 Å². The Morgan fingerprint density at radius 3 is 2.05 bits per heavy atom. The van der Waals surface area contributed by atoms with Gasteiger partial charge in [0.15, 0.2) is 0 Å². The summed E-state index contributed by atoms with van der Waals surface area (Å²) in [5.41, 5.74) is 1.18. The summed E-state index contributed by atoms with van der Waals surface area (Å²) in [4.78, 5) is 10.6. The maximum absolute atomic E-state index is 11.9. The Bertz CT molecular complexity index is 462. The molecule has 0 saturated heterocycles. The first-order chi connectivity index (χ1) is 8.79. The highest BCUT2D eigenvalue weighted by Crippen LogP contribution is 2.14. The van der Waals surface area contributed by atoms with Crippen LogP contribution in [0.25, 0.3) is 0 Å². The lowest BCUT2D eigenvalue weighted by molar-refractivity contribution is -0.173. The van der Waals surface area contributed by atoms with Gasteiger partial charge in [0.2, 0.25) is 11.3 Å². The van der Waals surface area contributed by atoms with E-state index in [2.05, 4.69) is 4.72 Å². The van der Waals surface area contributed by atoms with Crippen LogP contribution in [-0.4, -0.2) is 20.8 Å². The number of carbonyl (C=O) groups excluding carboxylic acids is 1. The Labute approximate surface area is 109 Å². The topological polar surface area (TPSA) is 78.4 Å². The van der Waals surface area contributed by atoms with Crippen molar-refractivity contribution in [3.05, 3.63) is 35.4 Å². The van der Waals surface area contributed by atoms with Crippen LogP contribution >= 0.6 is 0 Å². The molecule has 1 aromatic rings. The van der Waals surface area contributed by atoms with Gasteiger partial charge in [-0.3, -0.25) is 9.35 Å². The van der Waals surface area contributed by atoms with Crippen LogP contribution < -0.4 is 10.0 Å². The van der Waals surface area contributed by atoms with Crippen molar-refractivity contribution in [1.82, 2.24) is 10.0 Å². The fourth-order valence-electron chi connectivity index (χ4n) is 1.20. The smallest absolute Gasteiger partial charge is 0.344 e. The third-order valence-corrected chi connectivity index (χ3v) is 2.52. The molecule has 0 aliphatic rings. The van der Waals surface area contributed by atoms with Gasteiger partial charge in [-0.15, -0.1) is 0 Å². The van der Waals surface area contributed by atoms with Crippen LogP contribution in [-0.2, 0) is 29.2 Å². The molecular formula is C10H11F3N2O3S. The summed E-state index contributed by atoms with van der Waals surface area (Å²) < 4.78 is 56.9. The summed E-state index contributed by atoms with van der Waals surface area (Å²) in [6.45, 7) is -0.0870. The molecule has 3 N–H and O–H groups in total. The first-order valence-corrected chi connectivity index (χ1v) is 6.17. The summed E-state index contributed by atoms with van der Waals surface area (Å²) in [7, 11) is 0. The molecule has 1 atom stereocenters. The SMILES string of the molecule is O=C(NCc1ccc(CNS(=O)O)cc1)C(F)(F)F. The number of nitrogens with one attached hydrogen (secondary N) is 2. The van der Waals surface area contributed by atoms with Gasteiger partial charge in [0.05, 0.1) is 0 Å². The van der Waals surface area contributed by atoms with Gasteiger partial charge in [0.1, 0.15) is 0 Å². The molecule has 19 heavy (non-hydrogen) atoms. The molecule has 1 unspecified atom stereocenters. The normalized spacial score (nSPS) is 13.1. The largest absolute Gasteiger partial charge is 0.471 e. The number of carbonyl (C=O) groups is 1. The molecule has 0 aromatic heterocycles. The van der Waals surface area contributed by atoms with Crippen molar-refractivity contribution < 1.29 is 26.7 Å². The van der Waals surface area contributed by atoms with Crippen LogP contribution in [0.1, 0.15) is 11.1 Å². The first-order valence-electron chi connectivity index (χ1n) is 5.06. The molecule has 0 spiro atoms. The maximum atomic E-state index is 11.9. The van der Waals surface area contributed by atoms with Gasteiger partial charge in [0.25, 0.3) is 0 Å². The molecule has 1 amide bonds. The predicted octanol–water partition coefficient (Wildman–Crippen LogP) is 1.09. The van der Waals surface area contributed by atoms with Crippen molar-refractivity contribution in [3.8, 4) is 0 Å². The second-order valence-corrected chi connectivity index (χ2v) is 4.35. The lowest BCUT2D eigenvalue weighted by Gasteiger charge is -2.08. The molecule has 0 aliphatic heterocycles. The lowest BCUT2D eigenvalue weighted by atomic mass is 10.1. The second kappa shape index (κ2) is 6.64. The standard InChI is InChI=1S/C10H11F3N2O3S/c11-10(12,13)9(16)14-5-7-1-3-8(4-2-7)6-15-19(17)18/h1-4,15H,5-6H2,(H,14,16)(H,17,18). The minimum Gasteiger partial charge on any atom is -0.344 e. The maximum Gasteiger partial charge on any atom is 0.471 e. The van der Waals surface area contributed by atoms with E-state index >= 15 is 0 Å². The molecule has 0 fully saturated rings. The van der Waals surface area contributed by atoms with Gasteiger partial charge in [-0.25, -0.2) is 8.93 Å². The number of amides is 1. The van der Waals surface area contributed by atoms with E-state index in [-0.39, 0.29) is 13.1 Å². The Balaban J connectivity index is 2.49. The molecule has 0 saturated carbocycles. The van der Waals surface area contributed by atoms with Crippen LogP contribution in [0.15, 0.2) is 24.3 Å². The van der Waals surface area contributed by atoms with Gasteiger partial charge in [-0.05, 0) is 11.1 Å². The zero-order valence-corrected chi connectivity index (χ0v) is 10.3. The van der Waals surface area contributed by atoms with Crippen LogP contribution in [0.4, 0.5) is 13.2 Å². The molecule has 0 radical (unpaired) electrons. The zero-order chi connectivity index (χ0) is 14.5. The summed E-state index contributed by atoms with van der Waals surface area (Å²) in [5, 5.41) is 1.74. The highest BCUT2D eigenvalue weighted by Gasteiger charge is 2.38.